The number of carbonyl (C=O) groups excluding carboxylic acids is 1. The van der Waals surface area contributed by atoms with Crippen LogP contribution in [-0.2, 0) is 11.3 Å². The highest BCUT2D eigenvalue weighted by atomic mass is 16.6. The van der Waals surface area contributed by atoms with Gasteiger partial charge in [0.05, 0.1) is 24.1 Å². The molecule has 0 saturated heterocycles. The van der Waals surface area contributed by atoms with Gasteiger partial charge in [0.1, 0.15) is 6.04 Å². The predicted octanol–water partition coefficient (Wildman–Crippen LogP) is 2.47. The van der Waals surface area contributed by atoms with E-state index in [9.17, 15) is 14.9 Å². The van der Waals surface area contributed by atoms with Gasteiger partial charge in [-0.2, -0.15) is 5.26 Å². The summed E-state index contributed by atoms with van der Waals surface area (Å²) in [5.41, 5.74) is 0.264. The summed E-state index contributed by atoms with van der Waals surface area (Å²) in [6.45, 7) is 3.30. The summed E-state index contributed by atoms with van der Waals surface area (Å²) in [5.74, 6) is 0. The molecule has 0 aromatic heterocycles. The molecule has 7 heteroatoms. The van der Waals surface area contributed by atoms with Crippen LogP contribution in [0.5, 0.6) is 0 Å². The van der Waals surface area contributed by atoms with Crippen molar-refractivity contribution in [3.8, 4) is 6.07 Å². The van der Waals surface area contributed by atoms with E-state index in [0.29, 0.717) is 5.56 Å². The molecule has 1 rings (SSSR count). The van der Waals surface area contributed by atoms with E-state index in [1.54, 1.807) is 25.1 Å². The fraction of sp³-hybridized carbons (Fsp3) is 0.385. The lowest BCUT2D eigenvalue weighted by Crippen LogP contribution is -2.37. The SMILES string of the molecule is CCOC(=O)N(Cc1ccccc1[N+](=O)[O-])C(C)C#N. The lowest BCUT2D eigenvalue weighted by Gasteiger charge is -2.23. The van der Waals surface area contributed by atoms with Gasteiger partial charge in [-0.3, -0.25) is 15.0 Å². The molecule has 1 aromatic carbocycles. The van der Waals surface area contributed by atoms with Gasteiger partial charge in [0.15, 0.2) is 0 Å². The van der Waals surface area contributed by atoms with Gasteiger partial charge in [-0.15, -0.1) is 0 Å². The fourth-order valence-electron chi connectivity index (χ4n) is 1.64. The van der Waals surface area contributed by atoms with Crippen molar-refractivity contribution < 1.29 is 14.5 Å². The van der Waals surface area contributed by atoms with Crippen LogP contribution in [0.15, 0.2) is 24.3 Å². The third-order valence-corrected chi connectivity index (χ3v) is 2.69. The molecule has 20 heavy (non-hydrogen) atoms. The van der Waals surface area contributed by atoms with E-state index in [1.807, 2.05) is 6.07 Å². The molecular formula is C13H15N3O4. The van der Waals surface area contributed by atoms with Gasteiger partial charge in [-0.25, -0.2) is 4.79 Å². The number of rotatable bonds is 5. The van der Waals surface area contributed by atoms with Gasteiger partial charge in [0.25, 0.3) is 5.69 Å². The quantitative estimate of drug-likeness (QED) is 0.608. The maximum absolute atomic E-state index is 11.8. The van der Waals surface area contributed by atoms with E-state index < -0.39 is 17.1 Å². The van der Waals surface area contributed by atoms with Crippen LogP contribution in [0.1, 0.15) is 19.4 Å². The maximum atomic E-state index is 11.8. The van der Waals surface area contributed by atoms with Crippen molar-refractivity contribution in [2.45, 2.75) is 26.4 Å². The molecule has 0 saturated carbocycles. The Kier molecular flexibility index (Phi) is 5.47. The Hall–Kier alpha value is -2.62. The second-order valence-electron chi connectivity index (χ2n) is 4.02. The molecular weight excluding hydrogens is 262 g/mol. The minimum Gasteiger partial charge on any atom is -0.450 e. The Balaban J connectivity index is 3.05. The Morgan fingerprint density at radius 3 is 2.75 bits per heavy atom. The molecule has 1 aromatic rings. The zero-order valence-corrected chi connectivity index (χ0v) is 11.3. The number of nitrogens with zero attached hydrogens (tertiary/aromatic N) is 3. The first kappa shape index (κ1) is 15.4. The van der Waals surface area contributed by atoms with E-state index in [4.69, 9.17) is 10.00 Å². The first-order valence-electron chi connectivity index (χ1n) is 6.06. The number of nitro groups is 1. The maximum Gasteiger partial charge on any atom is 0.411 e. The highest BCUT2D eigenvalue weighted by molar-refractivity contribution is 5.68. The van der Waals surface area contributed by atoms with Crippen LogP contribution < -0.4 is 0 Å². The van der Waals surface area contributed by atoms with Gasteiger partial charge < -0.3 is 4.74 Å². The van der Waals surface area contributed by atoms with E-state index >= 15 is 0 Å². The average molecular weight is 277 g/mol. The summed E-state index contributed by atoms with van der Waals surface area (Å²) >= 11 is 0. The van der Waals surface area contributed by atoms with Crippen molar-refractivity contribution in [1.29, 1.82) is 5.26 Å². The van der Waals surface area contributed by atoms with Crippen molar-refractivity contribution >= 4 is 11.8 Å². The molecule has 0 fully saturated rings. The van der Waals surface area contributed by atoms with E-state index in [-0.39, 0.29) is 18.8 Å². The monoisotopic (exact) mass is 277 g/mol. The van der Waals surface area contributed by atoms with Crippen LogP contribution in [0.25, 0.3) is 0 Å². The highest BCUT2D eigenvalue weighted by Crippen LogP contribution is 2.20. The predicted molar refractivity (Wildman–Crippen MR) is 70.7 cm³/mol. The summed E-state index contributed by atoms with van der Waals surface area (Å²) in [4.78, 5) is 23.4. The Bertz CT molecular complexity index is 539. The Labute approximate surface area is 116 Å². The summed E-state index contributed by atoms with van der Waals surface area (Å²) in [6, 6.07) is 7.28. The summed E-state index contributed by atoms with van der Waals surface area (Å²) in [5, 5.41) is 19.9. The standard InChI is InChI=1S/C13H15N3O4/c1-3-20-13(17)15(10(2)8-14)9-11-6-4-5-7-12(11)16(18)19/h4-7,10H,3,9H2,1-2H3. The number of amides is 1. The molecule has 0 aliphatic heterocycles. The molecule has 1 atom stereocenters. The lowest BCUT2D eigenvalue weighted by atomic mass is 10.1. The smallest absolute Gasteiger partial charge is 0.411 e. The zero-order valence-electron chi connectivity index (χ0n) is 11.3. The first-order valence-corrected chi connectivity index (χ1v) is 6.06. The Morgan fingerprint density at radius 2 is 2.20 bits per heavy atom. The number of hydrogen-bond acceptors (Lipinski definition) is 5. The number of hydrogen-bond donors (Lipinski definition) is 0. The zero-order chi connectivity index (χ0) is 15.1. The Morgan fingerprint density at radius 1 is 1.55 bits per heavy atom. The van der Waals surface area contributed by atoms with Gasteiger partial charge in [-0.05, 0) is 13.8 Å². The summed E-state index contributed by atoms with van der Waals surface area (Å²) < 4.78 is 4.87. The molecule has 0 radical (unpaired) electrons. The molecule has 106 valence electrons. The van der Waals surface area contributed by atoms with Crippen LogP contribution in [0.4, 0.5) is 10.5 Å². The molecule has 0 aliphatic rings. The van der Waals surface area contributed by atoms with E-state index in [1.165, 1.54) is 13.0 Å². The van der Waals surface area contributed by atoms with Crippen LogP contribution in [0, 0.1) is 21.4 Å². The van der Waals surface area contributed by atoms with Crippen LogP contribution in [0.3, 0.4) is 0 Å². The third-order valence-electron chi connectivity index (χ3n) is 2.69. The minimum atomic E-state index is -0.742. The number of carbonyl (C=O) groups is 1. The van der Waals surface area contributed by atoms with Crippen LogP contribution >= 0.6 is 0 Å². The van der Waals surface area contributed by atoms with E-state index in [2.05, 4.69) is 0 Å². The number of ether oxygens (including phenoxy) is 1. The number of nitro benzene ring substituents is 1. The molecule has 0 bridgehead atoms. The molecule has 1 unspecified atom stereocenters. The third kappa shape index (κ3) is 3.68. The van der Waals surface area contributed by atoms with Crippen molar-refractivity contribution in [1.82, 2.24) is 4.90 Å². The number of para-hydroxylation sites is 1. The highest BCUT2D eigenvalue weighted by Gasteiger charge is 2.24. The number of benzene rings is 1. The molecule has 0 heterocycles. The molecule has 1 amide bonds. The second-order valence-corrected chi connectivity index (χ2v) is 4.02. The summed E-state index contributed by atoms with van der Waals surface area (Å²) in [7, 11) is 0. The van der Waals surface area contributed by atoms with Gasteiger partial charge >= 0.3 is 6.09 Å². The van der Waals surface area contributed by atoms with Crippen molar-refractivity contribution in [3.05, 3.63) is 39.9 Å². The van der Waals surface area contributed by atoms with Gasteiger partial charge in [-0.1, -0.05) is 18.2 Å². The second kappa shape index (κ2) is 7.09. The van der Waals surface area contributed by atoms with Crippen LogP contribution in [0.2, 0.25) is 0 Å². The molecule has 0 N–H and O–H groups in total. The number of nitriles is 1. The molecule has 0 spiro atoms. The van der Waals surface area contributed by atoms with Gasteiger partial charge in [0, 0.05) is 11.6 Å². The minimum absolute atomic E-state index is 0.0509. The van der Waals surface area contributed by atoms with Crippen molar-refractivity contribution in [3.63, 3.8) is 0 Å². The summed E-state index contributed by atoms with van der Waals surface area (Å²) in [6.07, 6.45) is -0.667. The van der Waals surface area contributed by atoms with Crippen molar-refractivity contribution in [2.24, 2.45) is 0 Å². The topological polar surface area (TPSA) is 96.5 Å². The van der Waals surface area contributed by atoms with Crippen molar-refractivity contribution in [2.75, 3.05) is 6.61 Å². The van der Waals surface area contributed by atoms with E-state index in [0.717, 1.165) is 4.90 Å². The fourth-order valence-corrected chi connectivity index (χ4v) is 1.64. The van der Waals surface area contributed by atoms with Gasteiger partial charge in [0.2, 0.25) is 0 Å². The molecule has 0 aliphatic carbocycles. The van der Waals surface area contributed by atoms with Crippen LogP contribution in [-0.4, -0.2) is 28.6 Å². The largest absolute Gasteiger partial charge is 0.450 e. The normalized spacial score (nSPS) is 11.2. The average Bonchev–Trinajstić information content (AvgIpc) is 2.44. The molecule has 7 nitrogen and oxygen atoms in total. The first-order chi connectivity index (χ1) is 9.51. The lowest BCUT2D eigenvalue weighted by molar-refractivity contribution is -0.385.